The van der Waals surface area contributed by atoms with Crippen molar-refractivity contribution in [2.75, 3.05) is 13.1 Å². The summed E-state index contributed by atoms with van der Waals surface area (Å²) >= 11 is 0. The molecule has 0 unspecified atom stereocenters. The Morgan fingerprint density at radius 1 is 1.14 bits per heavy atom. The van der Waals surface area contributed by atoms with Crippen LogP contribution in [0.2, 0.25) is 0 Å². The van der Waals surface area contributed by atoms with Crippen molar-refractivity contribution in [1.82, 2.24) is 10.6 Å². The average molecular weight is 196 g/mol. The van der Waals surface area contributed by atoms with E-state index in [9.17, 15) is 4.79 Å². The van der Waals surface area contributed by atoms with Crippen molar-refractivity contribution in [3.63, 3.8) is 0 Å². The van der Waals surface area contributed by atoms with Crippen LogP contribution in [0.1, 0.15) is 38.5 Å². The van der Waals surface area contributed by atoms with Gasteiger partial charge in [-0.15, -0.1) is 0 Å². The van der Waals surface area contributed by atoms with E-state index in [1.807, 2.05) is 0 Å². The highest BCUT2D eigenvalue weighted by Crippen LogP contribution is 2.24. The Hall–Kier alpha value is -0.570. The van der Waals surface area contributed by atoms with Crippen LogP contribution in [0, 0.1) is 5.92 Å². The van der Waals surface area contributed by atoms with Crippen LogP contribution in [0.5, 0.6) is 0 Å². The van der Waals surface area contributed by atoms with E-state index in [0.29, 0.717) is 17.9 Å². The van der Waals surface area contributed by atoms with E-state index in [4.69, 9.17) is 0 Å². The summed E-state index contributed by atoms with van der Waals surface area (Å²) in [5.41, 5.74) is 0. The molecule has 3 nitrogen and oxygen atoms in total. The molecule has 2 N–H and O–H groups in total. The van der Waals surface area contributed by atoms with Crippen molar-refractivity contribution in [3.8, 4) is 0 Å². The van der Waals surface area contributed by atoms with Gasteiger partial charge in [0.15, 0.2) is 0 Å². The van der Waals surface area contributed by atoms with Crippen molar-refractivity contribution in [1.29, 1.82) is 0 Å². The minimum Gasteiger partial charge on any atom is -0.352 e. The summed E-state index contributed by atoms with van der Waals surface area (Å²) in [4.78, 5) is 11.8. The van der Waals surface area contributed by atoms with Crippen LogP contribution in [-0.2, 0) is 4.79 Å². The standard InChI is InChI=1S/C11H20N2O/c14-11(9-4-1-2-5-9)13-10-6-3-7-12-8-10/h9-10,12H,1-8H2,(H,13,14)/t10-/m1/s1. The van der Waals surface area contributed by atoms with Gasteiger partial charge in [0.25, 0.3) is 0 Å². The summed E-state index contributed by atoms with van der Waals surface area (Å²) < 4.78 is 0. The zero-order valence-corrected chi connectivity index (χ0v) is 8.72. The maximum absolute atomic E-state index is 11.8. The molecular weight excluding hydrogens is 176 g/mol. The van der Waals surface area contributed by atoms with E-state index < -0.39 is 0 Å². The highest BCUT2D eigenvalue weighted by atomic mass is 16.1. The maximum Gasteiger partial charge on any atom is 0.223 e. The fraction of sp³-hybridized carbons (Fsp3) is 0.909. The molecule has 1 aliphatic heterocycles. The number of carbonyl (C=O) groups is 1. The largest absolute Gasteiger partial charge is 0.352 e. The molecule has 1 heterocycles. The van der Waals surface area contributed by atoms with Gasteiger partial charge in [0.05, 0.1) is 0 Å². The lowest BCUT2D eigenvalue weighted by molar-refractivity contribution is -0.125. The van der Waals surface area contributed by atoms with Gasteiger partial charge in [-0.25, -0.2) is 0 Å². The first-order chi connectivity index (χ1) is 6.86. The molecule has 0 bridgehead atoms. The average Bonchev–Trinajstić information content (AvgIpc) is 2.72. The minimum absolute atomic E-state index is 0.302. The molecule has 3 heteroatoms. The van der Waals surface area contributed by atoms with E-state index in [0.717, 1.165) is 32.4 Å². The molecule has 2 rings (SSSR count). The SMILES string of the molecule is O=C(N[C@@H]1CCCNC1)C1CCCC1. The second kappa shape index (κ2) is 4.78. The third-order valence-electron chi connectivity index (χ3n) is 3.37. The zero-order valence-electron chi connectivity index (χ0n) is 8.72. The number of hydrogen-bond donors (Lipinski definition) is 2. The second-order valence-electron chi connectivity index (χ2n) is 4.53. The molecule has 80 valence electrons. The lowest BCUT2D eigenvalue weighted by Crippen LogP contribution is -2.47. The van der Waals surface area contributed by atoms with Gasteiger partial charge in [0, 0.05) is 18.5 Å². The van der Waals surface area contributed by atoms with Gasteiger partial charge in [0.1, 0.15) is 0 Å². The fourth-order valence-corrected chi connectivity index (χ4v) is 2.48. The third kappa shape index (κ3) is 2.47. The molecule has 1 atom stereocenters. The Kier molecular flexibility index (Phi) is 3.40. The van der Waals surface area contributed by atoms with Gasteiger partial charge >= 0.3 is 0 Å². The number of amides is 1. The number of carbonyl (C=O) groups excluding carboxylic acids is 1. The van der Waals surface area contributed by atoms with Crippen LogP contribution in [0.3, 0.4) is 0 Å². The zero-order chi connectivity index (χ0) is 9.80. The molecule has 0 aromatic carbocycles. The lowest BCUT2D eigenvalue weighted by Gasteiger charge is -2.25. The monoisotopic (exact) mass is 196 g/mol. The van der Waals surface area contributed by atoms with Crippen LogP contribution in [0.25, 0.3) is 0 Å². The smallest absolute Gasteiger partial charge is 0.223 e. The van der Waals surface area contributed by atoms with Crippen molar-refractivity contribution in [2.24, 2.45) is 5.92 Å². The van der Waals surface area contributed by atoms with Crippen molar-refractivity contribution in [3.05, 3.63) is 0 Å². The summed E-state index contributed by atoms with van der Waals surface area (Å²) in [6, 6.07) is 0.386. The fourth-order valence-electron chi connectivity index (χ4n) is 2.48. The molecule has 1 amide bonds. The summed E-state index contributed by atoms with van der Waals surface area (Å²) in [6.45, 7) is 2.06. The van der Waals surface area contributed by atoms with Crippen LogP contribution in [0.4, 0.5) is 0 Å². The second-order valence-corrected chi connectivity index (χ2v) is 4.53. The van der Waals surface area contributed by atoms with Crippen LogP contribution in [-0.4, -0.2) is 25.0 Å². The Morgan fingerprint density at radius 2 is 1.93 bits per heavy atom. The Balaban J connectivity index is 1.75. The van der Waals surface area contributed by atoms with Crippen LogP contribution >= 0.6 is 0 Å². The first-order valence-electron chi connectivity index (χ1n) is 5.87. The van der Waals surface area contributed by atoms with E-state index in [-0.39, 0.29) is 0 Å². The topological polar surface area (TPSA) is 41.1 Å². The Labute approximate surface area is 85.6 Å². The van der Waals surface area contributed by atoms with E-state index >= 15 is 0 Å². The predicted molar refractivity (Wildman–Crippen MR) is 56.0 cm³/mol. The Morgan fingerprint density at radius 3 is 2.57 bits per heavy atom. The third-order valence-corrected chi connectivity index (χ3v) is 3.37. The molecule has 1 aliphatic carbocycles. The van der Waals surface area contributed by atoms with Gasteiger partial charge in [-0.05, 0) is 32.2 Å². The molecule has 1 saturated heterocycles. The van der Waals surface area contributed by atoms with Crippen LogP contribution < -0.4 is 10.6 Å². The normalized spacial score (nSPS) is 29.0. The van der Waals surface area contributed by atoms with Gasteiger partial charge in [-0.1, -0.05) is 12.8 Å². The molecule has 0 aromatic rings. The lowest BCUT2D eigenvalue weighted by atomic mass is 10.0. The van der Waals surface area contributed by atoms with Crippen molar-refractivity contribution < 1.29 is 4.79 Å². The molecule has 14 heavy (non-hydrogen) atoms. The highest BCUT2D eigenvalue weighted by Gasteiger charge is 2.24. The molecule has 0 radical (unpaired) electrons. The first-order valence-corrected chi connectivity index (χ1v) is 5.87. The Bertz CT molecular complexity index is 193. The van der Waals surface area contributed by atoms with E-state index in [1.54, 1.807) is 0 Å². The molecular formula is C11H20N2O. The summed E-state index contributed by atoms with van der Waals surface area (Å²) in [5.74, 6) is 0.619. The van der Waals surface area contributed by atoms with Gasteiger partial charge in [-0.3, -0.25) is 4.79 Å². The van der Waals surface area contributed by atoms with E-state index in [2.05, 4.69) is 10.6 Å². The minimum atomic E-state index is 0.302. The van der Waals surface area contributed by atoms with Crippen LogP contribution in [0.15, 0.2) is 0 Å². The highest BCUT2D eigenvalue weighted by molar-refractivity contribution is 5.79. The van der Waals surface area contributed by atoms with Gasteiger partial charge in [-0.2, -0.15) is 0 Å². The summed E-state index contributed by atoms with van der Waals surface area (Å²) in [5, 5.41) is 6.48. The number of hydrogen-bond acceptors (Lipinski definition) is 2. The van der Waals surface area contributed by atoms with Gasteiger partial charge < -0.3 is 10.6 Å². The summed E-state index contributed by atoms with van der Waals surface area (Å²) in [7, 11) is 0. The predicted octanol–water partition coefficient (Wildman–Crippen LogP) is 1.04. The first kappa shape index (κ1) is 9.97. The quantitative estimate of drug-likeness (QED) is 0.693. The molecule has 0 spiro atoms. The van der Waals surface area contributed by atoms with Crippen molar-refractivity contribution >= 4 is 5.91 Å². The molecule has 1 saturated carbocycles. The maximum atomic E-state index is 11.8. The van der Waals surface area contributed by atoms with E-state index in [1.165, 1.54) is 19.3 Å². The number of piperidine rings is 1. The number of nitrogens with one attached hydrogen (secondary N) is 2. The summed E-state index contributed by atoms with van der Waals surface area (Å²) in [6.07, 6.45) is 7.01. The van der Waals surface area contributed by atoms with Gasteiger partial charge in [0.2, 0.25) is 5.91 Å². The van der Waals surface area contributed by atoms with Crippen molar-refractivity contribution in [2.45, 2.75) is 44.6 Å². The molecule has 2 fully saturated rings. The molecule has 2 aliphatic rings. The molecule has 0 aromatic heterocycles. The number of rotatable bonds is 2.